The van der Waals surface area contributed by atoms with Crippen LogP contribution in [0.25, 0.3) is 0 Å². The third kappa shape index (κ3) is 2.26. The van der Waals surface area contributed by atoms with Crippen molar-refractivity contribution in [3.05, 3.63) is 0 Å². The number of nitrogens with zero attached hydrogens (tertiary/aromatic N) is 1. The van der Waals surface area contributed by atoms with Gasteiger partial charge in [-0.1, -0.05) is 0 Å². The molecule has 0 N–H and O–H groups in total. The summed E-state index contributed by atoms with van der Waals surface area (Å²) in [5, 5.41) is 0. The van der Waals surface area contributed by atoms with Gasteiger partial charge < -0.3 is 0 Å². The van der Waals surface area contributed by atoms with Crippen molar-refractivity contribution in [1.82, 2.24) is 4.90 Å². The van der Waals surface area contributed by atoms with Crippen molar-refractivity contribution in [3.63, 3.8) is 0 Å². The molecule has 2 fully saturated rings. The van der Waals surface area contributed by atoms with E-state index in [0.29, 0.717) is 11.8 Å². The molecule has 0 amide bonds. The quantitative estimate of drug-likeness (QED) is 0.639. The van der Waals surface area contributed by atoms with Gasteiger partial charge in [-0.15, -0.1) is 0 Å². The maximum Gasteiger partial charge on any atom is 0.149 e. The first-order valence-electron chi connectivity index (χ1n) is 5.22. The molecule has 1 saturated heterocycles. The lowest BCUT2D eigenvalue weighted by Gasteiger charge is -2.25. The molecule has 1 aliphatic carbocycles. The largest absolute Gasteiger partial charge is 0.298 e. The van der Waals surface area contributed by atoms with Crippen LogP contribution in [0.2, 0.25) is 0 Å². The van der Waals surface area contributed by atoms with Crippen molar-refractivity contribution < 1.29 is 4.79 Å². The second-order valence-corrected chi connectivity index (χ2v) is 5.10. The maximum atomic E-state index is 11.5. The van der Waals surface area contributed by atoms with Crippen LogP contribution < -0.4 is 0 Å². The SMILES string of the molecule is O=C1CCCC1N1CCCSCC1. The maximum absolute atomic E-state index is 11.5. The van der Waals surface area contributed by atoms with Crippen molar-refractivity contribution in [1.29, 1.82) is 0 Å². The number of Topliss-reactive ketones (excluding diaryl/α,β-unsaturated/α-hetero) is 1. The standard InChI is InChI=1S/C10H17NOS/c12-10-4-1-3-9(10)11-5-2-7-13-8-6-11/h9H,1-8H2. The van der Waals surface area contributed by atoms with E-state index in [0.717, 1.165) is 32.4 Å². The first-order chi connectivity index (χ1) is 6.38. The first-order valence-corrected chi connectivity index (χ1v) is 6.38. The summed E-state index contributed by atoms with van der Waals surface area (Å²) in [5.74, 6) is 2.98. The summed E-state index contributed by atoms with van der Waals surface area (Å²) in [6.45, 7) is 2.27. The lowest BCUT2D eigenvalue weighted by atomic mass is 10.2. The average molecular weight is 199 g/mol. The fourth-order valence-electron chi connectivity index (χ4n) is 2.26. The Morgan fingerprint density at radius 3 is 2.92 bits per heavy atom. The highest BCUT2D eigenvalue weighted by atomic mass is 32.2. The van der Waals surface area contributed by atoms with E-state index in [1.165, 1.54) is 17.9 Å². The highest BCUT2D eigenvalue weighted by Gasteiger charge is 2.29. The zero-order valence-corrected chi connectivity index (χ0v) is 8.81. The van der Waals surface area contributed by atoms with Gasteiger partial charge in [0.2, 0.25) is 0 Å². The summed E-state index contributed by atoms with van der Waals surface area (Å²) < 4.78 is 0. The lowest BCUT2D eigenvalue weighted by molar-refractivity contribution is -0.121. The van der Waals surface area contributed by atoms with E-state index in [2.05, 4.69) is 4.90 Å². The number of ketones is 1. The van der Waals surface area contributed by atoms with Crippen LogP contribution in [0.1, 0.15) is 25.7 Å². The third-order valence-corrected chi connectivity index (χ3v) is 4.02. The predicted octanol–water partition coefficient (Wildman–Crippen LogP) is 1.55. The van der Waals surface area contributed by atoms with E-state index in [1.54, 1.807) is 0 Å². The number of rotatable bonds is 1. The summed E-state index contributed by atoms with van der Waals surface area (Å²) in [5.41, 5.74) is 0. The fourth-order valence-corrected chi connectivity index (χ4v) is 3.16. The van der Waals surface area contributed by atoms with Gasteiger partial charge in [0.15, 0.2) is 0 Å². The molecular formula is C10H17NOS. The Balaban J connectivity index is 1.93. The normalized spacial score (nSPS) is 32.0. The molecule has 2 nitrogen and oxygen atoms in total. The van der Waals surface area contributed by atoms with E-state index in [9.17, 15) is 4.79 Å². The van der Waals surface area contributed by atoms with Crippen molar-refractivity contribution >= 4 is 17.5 Å². The molecule has 0 radical (unpaired) electrons. The molecule has 0 bridgehead atoms. The summed E-state index contributed by atoms with van der Waals surface area (Å²) in [6, 6.07) is 0.290. The van der Waals surface area contributed by atoms with Gasteiger partial charge in [-0.2, -0.15) is 11.8 Å². The molecule has 2 aliphatic rings. The fraction of sp³-hybridized carbons (Fsp3) is 0.900. The van der Waals surface area contributed by atoms with Gasteiger partial charge in [-0.05, 0) is 31.6 Å². The first kappa shape index (κ1) is 9.53. The predicted molar refractivity (Wildman–Crippen MR) is 56.2 cm³/mol. The van der Waals surface area contributed by atoms with Crippen LogP contribution >= 0.6 is 11.8 Å². The van der Waals surface area contributed by atoms with Crippen LogP contribution in [0.3, 0.4) is 0 Å². The minimum atomic E-state index is 0.290. The third-order valence-electron chi connectivity index (χ3n) is 2.97. The van der Waals surface area contributed by atoms with Gasteiger partial charge in [0.25, 0.3) is 0 Å². The smallest absolute Gasteiger partial charge is 0.149 e. The molecule has 13 heavy (non-hydrogen) atoms. The van der Waals surface area contributed by atoms with Crippen LogP contribution in [0.5, 0.6) is 0 Å². The molecule has 1 heterocycles. The Morgan fingerprint density at radius 1 is 1.23 bits per heavy atom. The van der Waals surface area contributed by atoms with Crippen molar-refractivity contribution in [2.45, 2.75) is 31.7 Å². The summed E-state index contributed by atoms with van der Waals surface area (Å²) in [7, 11) is 0. The van der Waals surface area contributed by atoms with Gasteiger partial charge in [0.05, 0.1) is 6.04 Å². The number of thioether (sulfide) groups is 1. The molecule has 0 aromatic rings. The number of hydrogen-bond donors (Lipinski definition) is 0. The monoisotopic (exact) mass is 199 g/mol. The second-order valence-electron chi connectivity index (χ2n) is 3.88. The van der Waals surface area contributed by atoms with Gasteiger partial charge in [0.1, 0.15) is 5.78 Å². The van der Waals surface area contributed by atoms with E-state index in [-0.39, 0.29) is 0 Å². The number of carbonyl (C=O) groups is 1. The molecule has 1 atom stereocenters. The van der Waals surface area contributed by atoms with E-state index in [4.69, 9.17) is 0 Å². The lowest BCUT2D eigenvalue weighted by Crippen LogP contribution is -2.39. The topological polar surface area (TPSA) is 20.3 Å². The highest BCUT2D eigenvalue weighted by Crippen LogP contribution is 2.22. The molecule has 2 rings (SSSR count). The molecule has 74 valence electrons. The van der Waals surface area contributed by atoms with Crippen LogP contribution in [0.15, 0.2) is 0 Å². The molecule has 0 aromatic carbocycles. The zero-order valence-electron chi connectivity index (χ0n) is 8.00. The minimum absolute atomic E-state index is 0.290. The minimum Gasteiger partial charge on any atom is -0.298 e. The van der Waals surface area contributed by atoms with E-state index in [1.807, 2.05) is 11.8 Å². The van der Waals surface area contributed by atoms with E-state index >= 15 is 0 Å². The number of hydrogen-bond acceptors (Lipinski definition) is 3. The molecule has 3 heteroatoms. The highest BCUT2D eigenvalue weighted by molar-refractivity contribution is 7.99. The Morgan fingerprint density at radius 2 is 2.15 bits per heavy atom. The van der Waals surface area contributed by atoms with Gasteiger partial charge >= 0.3 is 0 Å². The Kier molecular flexibility index (Phi) is 3.28. The van der Waals surface area contributed by atoms with Crippen LogP contribution in [0, 0.1) is 0 Å². The van der Waals surface area contributed by atoms with Gasteiger partial charge in [0, 0.05) is 18.7 Å². The average Bonchev–Trinajstić information content (AvgIpc) is 2.43. The van der Waals surface area contributed by atoms with Crippen LogP contribution in [-0.4, -0.2) is 41.3 Å². The summed E-state index contributed by atoms with van der Waals surface area (Å²) in [6.07, 6.45) is 4.32. The second kappa shape index (κ2) is 4.47. The van der Waals surface area contributed by atoms with Crippen molar-refractivity contribution in [3.8, 4) is 0 Å². The van der Waals surface area contributed by atoms with Gasteiger partial charge in [-0.3, -0.25) is 9.69 Å². The summed E-state index contributed by atoms with van der Waals surface area (Å²) in [4.78, 5) is 13.9. The summed E-state index contributed by atoms with van der Waals surface area (Å²) >= 11 is 2.03. The van der Waals surface area contributed by atoms with Crippen LogP contribution in [0.4, 0.5) is 0 Å². The Bertz CT molecular complexity index is 187. The number of carbonyl (C=O) groups excluding carboxylic acids is 1. The van der Waals surface area contributed by atoms with Crippen molar-refractivity contribution in [2.75, 3.05) is 24.6 Å². The molecule has 1 saturated carbocycles. The molecular weight excluding hydrogens is 182 g/mol. The molecule has 1 unspecified atom stereocenters. The van der Waals surface area contributed by atoms with Gasteiger partial charge in [-0.25, -0.2) is 0 Å². The van der Waals surface area contributed by atoms with Crippen LogP contribution in [-0.2, 0) is 4.79 Å². The molecule has 0 aromatic heterocycles. The Hall–Kier alpha value is -0.0200. The molecule has 0 spiro atoms. The van der Waals surface area contributed by atoms with E-state index < -0.39 is 0 Å². The molecule has 1 aliphatic heterocycles. The Labute approximate surface area is 84.1 Å². The van der Waals surface area contributed by atoms with Crippen molar-refractivity contribution in [2.24, 2.45) is 0 Å². The zero-order chi connectivity index (χ0) is 9.10.